The summed E-state index contributed by atoms with van der Waals surface area (Å²) in [5.41, 5.74) is 1.90. The molecule has 1 fully saturated rings. The first-order chi connectivity index (χ1) is 12.9. The quantitative estimate of drug-likeness (QED) is 0.818. The second kappa shape index (κ2) is 8.54. The number of aryl methyl sites for hydroxylation is 1. The van der Waals surface area contributed by atoms with Crippen LogP contribution in [0.2, 0.25) is 0 Å². The van der Waals surface area contributed by atoms with Crippen molar-refractivity contribution in [2.24, 2.45) is 5.41 Å². The van der Waals surface area contributed by atoms with Crippen molar-refractivity contribution in [3.8, 4) is 0 Å². The molecule has 1 aromatic rings. The van der Waals surface area contributed by atoms with E-state index in [0.717, 1.165) is 19.4 Å². The van der Waals surface area contributed by atoms with Gasteiger partial charge in [-0.05, 0) is 50.2 Å². The van der Waals surface area contributed by atoms with Gasteiger partial charge >= 0.3 is 6.03 Å². The fourth-order valence-corrected chi connectivity index (χ4v) is 3.60. The Morgan fingerprint density at radius 1 is 1.11 bits per heavy atom. The van der Waals surface area contributed by atoms with Crippen molar-refractivity contribution < 1.29 is 9.59 Å². The average molecular weight is 388 g/mol. The summed E-state index contributed by atoms with van der Waals surface area (Å²) < 4.78 is 0. The smallest absolute Gasteiger partial charge is 0.315 e. The lowest BCUT2D eigenvalue weighted by atomic mass is 9.85. The van der Waals surface area contributed by atoms with E-state index in [2.05, 4.69) is 41.8 Å². The lowest BCUT2D eigenvalue weighted by Crippen LogP contribution is -2.58. The summed E-state index contributed by atoms with van der Waals surface area (Å²) in [4.78, 5) is 27.6. The van der Waals surface area contributed by atoms with Crippen molar-refractivity contribution in [2.45, 2.75) is 78.8 Å². The van der Waals surface area contributed by atoms with Crippen LogP contribution in [-0.2, 0) is 11.2 Å². The van der Waals surface area contributed by atoms with Gasteiger partial charge in [0.05, 0.1) is 0 Å². The molecule has 0 bridgehead atoms. The number of rotatable bonds is 4. The molecule has 0 aliphatic carbocycles. The van der Waals surface area contributed by atoms with Crippen molar-refractivity contribution in [1.29, 1.82) is 0 Å². The third kappa shape index (κ3) is 5.98. The van der Waals surface area contributed by atoms with Crippen LogP contribution in [0.1, 0.15) is 71.9 Å². The highest BCUT2D eigenvalue weighted by molar-refractivity contribution is 5.88. The number of amides is 3. The van der Waals surface area contributed by atoms with Crippen LogP contribution in [-0.4, -0.2) is 41.5 Å². The molecule has 2 N–H and O–H groups in total. The highest BCUT2D eigenvalue weighted by atomic mass is 16.2. The zero-order chi connectivity index (χ0) is 21.1. The fraction of sp³-hybridized carbons (Fsp3) is 0.652. The van der Waals surface area contributed by atoms with E-state index in [9.17, 15) is 9.59 Å². The maximum absolute atomic E-state index is 13.3. The summed E-state index contributed by atoms with van der Waals surface area (Å²) in [6.45, 7) is 15.3. The van der Waals surface area contributed by atoms with E-state index in [4.69, 9.17) is 0 Å². The molecule has 2 atom stereocenters. The minimum absolute atomic E-state index is 0.00392. The molecule has 1 unspecified atom stereocenters. The van der Waals surface area contributed by atoms with Crippen LogP contribution in [0.25, 0.3) is 0 Å². The molecular weight excluding hydrogens is 350 g/mol. The second-order valence-corrected chi connectivity index (χ2v) is 10.0. The highest BCUT2D eigenvalue weighted by Crippen LogP contribution is 2.30. The Morgan fingerprint density at radius 3 is 2.21 bits per heavy atom. The molecule has 0 aromatic heterocycles. The zero-order valence-corrected chi connectivity index (χ0v) is 18.6. The molecule has 156 valence electrons. The van der Waals surface area contributed by atoms with Crippen LogP contribution in [0.15, 0.2) is 24.3 Å². The van der Waals surface area contributed by atoms with E-state index in [1.807, 2.05) is 46.4 Å². The van der Waals surface area contributed by atoms with Crippen LogP contribution < -0.4 is 10.6 Å². The minimum Gasteiger partial charge on any atom is -0.340 e. The molecule has 2 rings (SSSR count). The summed E-state index contributed by atoms with van der Waals surface area (Å²) in [5, 5.41) is 5.81. The van der Waals surface area contributed by atoms with Crippen LogP contribution in [0.3, 0.4) is 0 Å². The Balaban J connectivity index is 2.07. The molecule has 1 saturated heterocycles. The number of carbonyl (C=O) groups excluding carboxylic acids is 2. The van der Waals surface area contributed by atoms with Gasteiger partial charge in [0.1, 0.15) is 6.04 Å². The van der Waals surface area contributed by atoms with E-state index in [0.29, 0.717) is 12.5 Å². The first kappa shape index (κ1) is 22.3. The molecule has 3 amide bonds. The maximum atomic E-state index is 13.3. The summed E-state index contributed by atoms with van der Waals surface area (Å²) in [5.74, 6) is 0.364. The van der Waals surface area contributed by atoms with Gasteiger partial charge in [0, 0.05) is 24.5 Å². The fourth-order valence-electron chi connectivity index (χ4n) is 3.60. The Morgan fingerprint density at radius 2 is 1.71 bits per heavy atom. The minimum atomic E-state index is -0.559. The van der Waals surface area contributed by atoms with Crippen molar-refractivity contribution in [3.63, 3.8) is 0 Å². The summed E-state index contributed by atoms with van der Waals surface area (Å²) >= 11 is 0. The van der Waals surface area contributed by atoms with Gasteiger partial charge in [0.2, 0.25) is 5.91 Å². The number of hydrogen-bond acceptors (Lipinski definition) is 2. The van der Waals surface area contributed by atoms with Gasteiger partial charge in [-0.25, -0.2) is 4.79 Å². The van der Waals surface area contributed by atoms with E-state index >= 15 is 0 Å². The van der Waals surface area contributed by atoms with E-state index < -0.39 is 6.04 Å². The predicted octanol–water partition coefficient (Wildman–Crippen LogP) is 4.08. The summed E-state index contributed by atoms with van der Waals surface area (Å²) in [6, 6.07) is 7.87. The van der Waals surface area contributed by atoms with Crippen LogP contribution in [0.5, 0.6) is 0 Å². The van der Waals surface area contributed by atoms with E-state index in [-0.39, 0.29) is 22.9 Å². The molecule has 5 heteroatoms. The van der Waals surface area contributed by atoms with Crippen LogP contribution in [0.4, 0.5) is 4.79 Å². The Kier molecular flexibility index (Phi) is 6.79. The molecule has 0 spiro atoms. The molecule has 1 aliphatic rings. The number of carbonyl (C=O) groups is 2. The Hall–Kier alpha value is -2.04. The van der Waals surface area contributed by atoms with Crippen molar-refractivity contribution in [1.82, 2.24) is 15.5 Å². The van der Waals surface area contributed by atoms with Gasteiger partial charge in [-0.3, -0.25) is 4.79 Å². The van der Waals surface area contributed by atoms with Crippen molar-refractivity contribution in [3.05, 3.63) is 35.4 Å². The lowest BCUT2D eigenvalue weighted by molar-refractivity contribution is -0.134. The van der Waals surface area contributed by atoms with Gasteiger partial charge in [0.25, 0.3) is 0 Å². The number of urea groups is 1. The van der Waals surface area contributed by atoms with Gasteiger partial charge < -0.3 is 15.5 Å². The summed E-state index contributed by atoms with van der Waals surface area (Å²) in [7, 11) is 0. The molecule has 0 radical (unpaired) electrons. The molecular formula is C23H37N3O2. The SMILES string of the molecule is CCc1ccc(C2CCN(C(=O)[C@@H](NC(=O)NC(C)(C)C)C(C)(C)C)C2)cc1. The number of nitrogens with zero attached hydrogens (tertiary/aromatic N) is 1. The van der Waals surface area contributed by atoms with Gasteiger partial charge in [-0.1, -0.05) is 52.0 Å². The third-order valence-electron chi connectivity index (χ3n) is 5.24. The van der Waals surface area contributed by atoms with Crippen molar-refractivity contribution >= 4 is 11.9 Å². The highest BCUT2D eigenvalue weighted by Gasteiger charge is 2.38. The second-order valence-electron chi connectivity index (χ2n) is 10.0. The average Bonchev–Trinajstić information content (AvgIpc) is 3.07. The first-order valence-corrected chi connectivity index (χ1v) is 10.4. The van der Waals surface area contributed by atoms with E-state index in [1.165, 1.54) is 11.1 Å². The number of nitrogens with one attached hydrogen (secondary N) is 2. The third-order valence-corrected chi connectivity index (χ3v) is 5.24. The number of hydrogen-bond donors (Lipinski definition) is 2. The first-order valence-electron chi connectivity index (χ1n) is 10.4. The largest absolute Gasteiger partial charge is 0.340 e. The number of benzene rings is 1. The zero-order valence-electron chi connectivity index (χ0n) is 18.6. The number of likely N-dealkylation sites (tertiary alicyclic amines) is 1. The molecule has 0 saturated carbocycles. The molecule has 28 heavy (non-hydrogen) atoms. The van der Waals surface area contributed by atoms with Crippen LogP contribution >= 0.6 is 0 Å². The monoisotopic (exact) mass is 387 g/mol. The maximum Gasteiger partial charge on any atom is 0.315 e. The Bertz CT molecular complexity index is 683. The summed E-state index contributed by atoms with van der Waals surface area (Å²) in [6.07, 6.45) is 1.99. The van der Waals surface area contributed by atoms with Gasteiger partial charge in [0.15, 0.2) is 0 Å². The lowest BCUT2D eigenvalue weighted by Gasteiger charge is -2.34. The van der Waals surface area contributed by atoms with Gasteiger partial charge in [-0.15, -0.1) is 0 Å². The molecule has 1 aromatic carbocycles. The standard InChI is InChI=1S/C23H37N3O2/c1-8-16-9-11-17(12-10-16)18-13-14-26(15-18)20(27)19(22(2,3)4)24-21(28)25-23(5,6)7/h9-12,18-19H,8,13-15H2,1-7H3,(H2,24,25,28)/t18?,19-/m1/s1. The van der Waals surface area contributed by atoms with Crippen LogP contribution in [0, 0.1) is 5.41 Å². The predicted molar refractivity (Wildman–Crippen MR) is 114 cm³/mol. The normalized spacial score (nSPS) is 18.7. The molecule has 5 nitrogen and oxygen atoms in total. The van der Waals surface area contributed by atoms with Crippen molar-refractivity contribution in [2.75, 3.05) is 13.1 Å². The topological polar surface area (TPSA) is 61.4 Å². The van der Waals surface area contributed by atoms with E-state index in [1.54, 1.807) is 0 Å². The molecule has 1 heterocycles. The Labute approximate surface area is 170 Å². The molecule has 1 aliphatic heterocycles. The van der Waals surface area contributed by atoms with Gasteiger partial charge in [-0.2, -0.15) is 0 Å².